The Kier molecular flexibility index (Phi) is 3.82. The quantitative estimate of drug-likeness (QED) is 0.772. The molecule has 3 aromatic rings. The second-order valence-corrected chi connectivity index (χ2v) is 4.80. The Hall–Kier alpha value is -3.15. The van der Waals surface area contributed by atoms with E-state index < -0.39 is 0 Å². The number of amides is 1. The number of carbonyl (C=O) groups is 1. The maximum Gasteiger partial charge on any atom is 0.259 e. The van der Waals surface area contributed by atoms with Gasteiger partial charge in [-0.2, -0.15) is 5.10 Å². The SMILES string of the molecule is Nc1ncccc1C(=O)Nc1cnn(Cc2ccccc2)c1. The molecule has 2 heterocycles. The highest BCUT2D eigenvalue weighted by atomic mass is 16.1. The van der Waals surface area contributed by atoms with Crippen molar-refractivity contribution in [2.24, 2.45) is 0 Å². The van der Waals surface area contributed by atoms with Crippen LogP contribution in [0, 0.1) is 0 Å². The van der Waals surface area contributed by atoms with Gasteiger partial charge < -0.3 is 11.1 Å². The molecule has 0 aliphatic rings. The van der Waals surface area contributed by atoms with Crippen molar-refractivity contribution in [3.05, 3.63) is 72.2 Å². The summed E-state index contributed by atoms with van der Waals surface area (Å²) in [6.07, 6.45) is 4.93. The molecule has 6 nitrogen and oxygen atoms in total. The van der Waals surface area contributed by atoms with Crippen LogP contribution in [0.2, 0.25) is 0 Å². The number of nitrogens with two attached hydrogens (primary N) is 1. The molecule has 0 fully saturated rings. The van der Waals surface area contributed by atoms with Gasteiger partial charge in [-0.3, -0.25) is 9.48 Å². The summed E-state index contributed by atoms with van der Waals surface area (Å²) in [5.74, 6) is -0.0958. The Morgan fingerprint density at radius 2 is 2.00 bits per heavy atom. The first-order valence-corrected chi connectivity index (χ1v) is 6.80. The second-order valence-electron chi connectivity index (χ2n) is 4.80. The van der Waals surface area contributed by atoms with Gasteiger partial charge in [0, 0.05) is 12.4 Å². The van der Waals surface area contributed by atoms with E-state index in [0.717, 1.165) is 5.56 Å². The summed E-state index contributed by atoms with van der Waals surface area (Å²) in [5, 5.41) is 7.00. The van der Waals surface area contributed by atoms with Crippen LogP contribution in [0.1, 0.15) is 15.9 Å². The van der Waals surface area contributed by atoms with Crippen molar-refractivity contribution in [2.45, 2.75) is 6.54 Å². The standard InChI is InChI=1S/C16H15N5O/c17-15-14(7-4-8-18-15)16(22)20-13-9-19-21(11-13)10-12-5-2-1-3-6-12/h1-9,11H,10H2,(H2,17,18)(H,20,22). The van der Waals surface area contributed by atoms with Crippen LogP contribution in [0.3, 0.4) is 0 Å². The summed E-state index contributed by atoms with van der Waals surface area (Å²) < 4.78 is 1.76. The highest BCUT2D eigenvalue weighted by molar-refractivity contribution is 6.06. The number of carbonyl (C=O) groups excluding carboxylic acids is 1. The molecule has 3 N–H and O–H groups in total. The largest absolute Gasteiger partial charge is 0.383 e. The number of rotatable bonds is 4. The molecule has 0 saturated carbocycles. The normalized spacial score (nSPS) is 10.4. The van der Waals surface area contributed by atoms with Crippen molar-refractivity contribution in [2.75, 3.05) is 11.1 Å². The molecule has 0 bridgehead atoms. The van der Waals surface area contributed by atoms with Crippen LogP contribution in [0.5, 0.6) is 0 Å². The molecular formula is C16H15N5O. The van der Waals surface area contributed by atoms with Crippen LogP contribution in [0.25, 0.3) is 0 Å². The average molecular weight is 293 g/mol. The highest BCUT2D eigenvalue weighted by Crippen LogP contribution is 2.12. The molecule has 0 aliphatic carbocycles. The summed E-state index contributed by atoms with van der Waals surface area (Å²) in [6, 6.07) is 13.3. The Balaban J connectivity index is 1.69. The van der Waals surface area contributed by atoms with Crippen LogP contribution < -0.4 is 11.1 Å². The molecule has 0 unspecified atom stereocenters. The van der Waals surface area contributed by atoms with Gasteiger partial charge in [0.1, 0.15) is 5.82 Å². The molecule has 0 saturated heterocycles. The minimum absolute atomic E-state index is 0.205. The van der Waals surface area contributed by atoms with Gasteiger partial charge in [0.15, 0.2) is 0 Å². The number of anilines is 2. The molecule has 3 rings (SSSR count). The third-order valence-electron chi connectivity index (χ3n) is 3.16. The van der Waals surface area contributed by atoms with E-state index in [1.165, 1.54) is 0 Å². The average Bonchev–Trinajstić information content (AvgIpc) is 2.95. The first-order chi connectivity index (χ1) is 10.7. The van der Waals surface area contributed by atoms with Gasteiger partial charge in [-0.1, -0.05) is 30.3 Å². The first-order valence-electron chi connectivity index (χ1n) is 6.80. The summed E-state index contributed by atoms with van der Waals surface area (Å²) in [4.78, 5) is 16.0. The first kappa shape index (κ1) is 13.8. The van der Waals surface area contributed by atoms with Crippen molar-refractivity contribution in [3.8, 4) is 0 Å². The van der Waals surface area contributed by atoms with E-state index in [9.17, 15) is 4.79 Å². The van der Waals surface area contributed by atoms with E-state index in [-0.39, 0.29) is 11.7 Å². The van der Waals surface area contributed by atoms with Crippen LogP contribution in [-0.4, -0.2) is 20.7 Å². The number of nitrogen functional groups attached to an aromatic ring is 1. The smallest absolute Gasteiger partial charge is 0.259 e. The molecule has 0 aliphatic heterocycles. The van der Waals surface area contributed by atoms with Gasteiger partial charge in [0.2, 0.25) is 0 Å². The van der Waals surface area contributed by atoms with Crippen molar-refractivity contribution in [1.29, 1.82) is 0 Å². The zero-order valence-electron chi connectivity index (χ0n) is 11.8. The molecule has 0 atom stereocenters. The van der Waals surface area contributed by atoms with Crippen molar-refractivity contribution < 1.29 is 4.79 Å². The van der Waals surface area contributed by atoms with Crippen molar-refractivity contribution >= 4 is 17.4 Å². The number of nitrogens with one attached hydrogen (secondary N) is 1. The fourth-order valence-electron chi connectivity index (χ4n) is 2.09. The molecule has 110 valence electrons. The van der Waals surface area contributed by atoms with Gasteiger partial charge in [-0.25, -0.2) is 4.98 Å². The van der Waals surface area contributed by atoms with Gasteiger partial charge in [-0.05, 0) is 17.7 Å². The van der Waals surface area contributed by atoms with E-state index in [2.05, 4.69) is 15.4 Å². The lowest BCUT2D eigenvalue weighted by molar-refractivity contribution is 0.102. The molecular weight excluding hydrogens is 278 g/mol. The minimum atomic E-state index is -0.301. The van der Waals surface area contributed by atoms with Crippen molar-refractivity contribution in [1.82, 2.24) is 14.8 Å². The maximum atomic E-state index is 12.1. The zero-order chi connectivity index (χ0) is 15.4. The van der Waals surface area contributed by atoms with Gasteiger partial charge >= 0.3 is 0 Å². The Morgan fingerprint density at radius 3 is 2.77 bits per heavy atom. The zero-order valence-corrected chi connectivity index (χ0v) is 11.8. The molecule has 0 spiro atoms. The molecule has 22 heavy (non-hydrogen) atoms. The summed E-state index contributed by atoms with van der Waals surface area (Å²) in [5.41, 5.74) is 7.79. The van der Waals surface area contributed by atoms with Gasteiger partial charge in [-0.15, -0.1) is 0 Å². The van der Waals surface area contributed by atoms with Crippen LogP contribution in [0.4, 0.5) is 11.5 Å². The number of pyridine rings is 1. The third-order valence-corrected chi connectivity index (χ3v) is 3.16. The van der Waals surface area contributed by atoms with Crippen LogP contribution >= 0.6 is 0 Å². The number of benzene rings is 1. The Bertz CT molecular complexity index is 782. The predicted molar refractivity (Wildman–Crippen MR) is 84.4 cm³/mol. The lowest BCUT2D eigenvalue weighted by Gasteiger charge is -2.04. The molecule has 2 aromatic heterocycles. The fraction of sp³-hybridized carbons (Fsp3) is 0.0625. The predicted octanol–water partition coefficient (Wildman–Crippen LogP) is 2.16. The van der Waals surface area contributed by atoms with Crippen LogP contribution in [-0.2, 0) is 6.54 Å². The highest BCUT2D eigenvalue weighted by Gasteiger charge is 2.11. The number of nitrogens with zero attached hydrogens (tertiary/aromatic N) is 3. The van der Waals surface area contributed by atoms with Gasteiger partial charge in [0.25, 0.3) is 5.91 Å². The summed E-state index contributed by atoms with van der Waals surface area (Å²) >= 11 is 0. The Labute approximate surface area is 127 Å². The van der Waals surface area contributed by atoms with Gasteiger partial charge in [0.05, 0.1) is 24.0 Å². The van der Waals surface area contributed by atoms with E-state index in [4.69, 9.17) is 5.73 Å². The van der Waals surface area contributed by atoms with E-state index in [1.807, 2.05) is 30.3 Å². The molecule has 6 heteroatoms. The summed E-state index contributed by atoms with van der Waals surface area (Å²) in [7, 11) is 0. The van der Waals surface area contributed by atoms with E-state index in [0.29, 0.717) is 17.8 Å². The number of aromatic nitrogens is 3. The number of hydrogen-bond acceptors (Lipinski definition) is 4. The molecule has 1 amide bonds. The lowest BCUT2D eigenvalue weighted by Crippen LogP contribution is -2.14. The molecule has 0 radical (unpaired) electrons. The minimum Gasteiger partial charge on any atom is -0.383 e. The Morgan fingerprint density at radius 1 is 1.18 bits per heavy atom. The van der Waals surface area contributed by atoms with Crippen molar-refractivity contribution in [3.63, 3.8) is 0 Å². The summed E-state index contributed by atoms with van der Waals surface area (Å²) in [6.45, 7) is 0.645. The second kappa shape index (κ2) is 6.09. The van der Waals surface area contributed by atoms with E-state index >= 15 is 0 Å². The van der Waals surface area contributed by atoms with Crippen LogP contribution in [0.15, 0.2) is 61.1 Å². The lowest BCUT2D eigenvalue weighted by atomic mass is 10.2. The third kappa shape index (κ3) is 3.12. The maximum absolute atomic E-state index is 12.1. The van der Waals surface area contributed by atoms with E-state index in [1.54, 1.807) is 35.4 Å². The number of hydrogen-bond donors (Lipinski definition) is 2. The monoisotopic (exact) mass is 293 g/mol. The molecule has 1 aromatic carbocycles. The topological polar surface area (TPSA) is 85.8 Å². The fourth-order valence-corrected chi connectivity index (χ4v) is 2.09.